The predicted molar refractivity (Wildman–Crippen MR) is 55.1 cm³/mol. The Hall–Kier alpha value is -1.54. The van der Waals surface area contributed by atoms with Gasteiger partial charge in [0, 0.05) is 0 Å². The third kappa shape index (κ3) is 3.91. The topological polar surface area (TPSA) is 61.8 Å². The normalized spacial score (nSPS) is 10.1. The van der Waals surface area contributed by atoms with Crippen molar-refractivity contribution in [2.45, 2.75) is 0 Å². The van der Waals surface area contributed by atoms with E-state index in [1.165, 1.54) is 0 Å². The van der Waals surface area contributed by atoms with Crippen molar-refractivity contribution in [3.05, 3.63) is 29.8 Å². The Balaban J connectivity index is 2.70. The number of hydrogen-bond acceptors (Lipinski definition) is 5. The van der Waals surface area contributed by atoms with Crippen LogP contribution < -0.4 is 4.74 Å². The molecular weight excluding hydrogens is 279 g/mol. The quantitative estimate of drug-likeness (QED) is 0.613. The first-order chi connectivity index (χ1) is 7.57. The van der Waals surface area contributed by atoms with E-state index in [2.05, 4.69) is 19.7 Å². The molecule has 0 atom stereocenters. The van der Waals surface area contributed by atoms with Gasteiger partial charge in [-0.05, 0) is 0 Å². The standard InChI is InChI=1S/C10H10O5Se/c1-13-10-5-3-9(4-6-10)7-8-15-16(11,12)14-2/h3-6H,1-2H3. The molecule has 86 valence electrons. The van der Waals surface area contributed by atoms with Gasteiger partial charge in [-0.25, -0.2) is 0 Å². The first-order valence-corrected chi connectivity index (χ1v) is 7.01. The Morgan fingerprint density at radius 1 is 1.12 bits per heavy atom. The summed E-state index contributed by atoms with van der Waals surface area (Å²) in [5, 5.41) is 0. The Bertz CT molecular complexity index is 492. The molecule has 0 saturated carbocycles. The first-order valence-electron chi connectivity index (χ1n) is 4.21. The molecule has 0 aliphatic heterocycles. The van der Waals surface area contributed by atoms with E-state index in [9.17, 15) is 7.67 Å². The summed E-state index contributed by atoms with van der Waals surface area (Å²) in [5.74, 6) is 3.21. The second-order valence-corrected chi connectivity index (χ2v) is 5.38. The Kier molecular flexibility index (Phi) is 4.32. The molecule has 0 N–H and O–H groups in total. The minimum atomic E-state index is -4.72. The summed E-state index contributed by atoms with van der Waals surface area (Å²) >= 11 is -4.72. The molecule has 1 aromatic rings. The van der Waals surface area contributed by atoms with Gasteiger partial charge in [-0.1, -0.05) is 0 Å². The maximum atomic E-state index is 10.8. The zero-order valence-electron chi connectivity index (χ0n) is 8.76. The van der Waals surface area contributed by atoms with Crippen LogP contribution in [0.25, 0.3) is 0 Å². The fourth-order valence-corrected chi connectivity index (χ4v) is 1.28. The van der Waals surface area contributed by atoms with Crippen molar-refractivity contribution in [3.63, 3.8) is 0 Å². The van der Waals surface area contributed by atoms with Crippen LogP contribution in [0.1, 0.15) is 5.56 Å². The zero-order valence-corrected chi connectivity index (χ0v) is 10.5. The molecule has 16 heavy (non-hydrogen) atoms. The van der Waals surface area contributed by atoms with E-state index in [0.717, 1.165) is 7.11 Å². The average Bonchev–Trinajstić information content (AvgIpc) is 2.30. The van der Waals surface area contributed by atoms with Crippen molar-refractivity contribution in [3.8, 4) is 17.8 Å². The van der Waals surface area contributed by atoms with Crippen LogP contribution in [-0.4, -0.2) is 27.6 Å². The molecule has 0 radical (unpaired) electrons. The molecule has 1 rings (SSSR count). The summed E-state index contributed by atoms with van der Waals surface area (Å²) in [6.07, 6.45) is 2.06. The number of methoxy groups -OCH3 is 1. The molecule has 5 nitrogen and oxygen atoms in total. The van der Waals surface area contributed by atoms with Crippen LogP contribution in [0.4, 0.5) is 0 Å². The van der Waals surface area contributed by atoms with Gasteiger partial charge >= 0.3 is 95.2 Å². The molecule has 1 aromatic carbocycles. The van der Waals surface area contributed by atoms with E-state index in [1.807, 2.05) is 0 Å². The predicted octanol–water partition coefficient (Wildman–Crippen LogP) is 0.964. The fourth-order valence-electron chi connectivity index (χ4n) is 0.839. The average molecular weight is 289 g/mol. The van der Waals surface area contributed by atoms with Crippen molar-refractivity contribution in [1.29, 1.82) is 0 Å². The van der Waals surface area contributed by atoms with Crippen LogP contribution in [0.2, 0.25) is 0 Å². The van der Waals surface area contributed by atoms with Gasteiger partial charge in [-0.3, -0.25) is 0 Å². The summed E-state index contributed by atoms with van der Waals surface area (Å²) in [4.78, 5) is 0. The molecule has 0 fully saturated rings. The van der Waals surface area contributed by atoms with Crippen molar-refractivity contribution in [1.82, 2.24) is 0 Å². The molecule has 0 spiro atoms. The first kappa shape index (κ1) is 12.5. The molecule has 0 unspecified atom stereocenters. The summed E-state index contributed by atoms with van der Waals surface area (Å²) in [6.45, 7) is 0. The fraction of sp³-hybridized carbons (Fsp3) is 0.200. The minimum absolute atomic E-state index is 0.615. The Morgan fingerprint density at radius 3 is 2.25 bits per heavy atom. The van der Waals surface area contributed by atoms with E-state index < -0.39 is 13.4 Å². The van der Waals surface area contributed by atoms with Gasteiger partial charge in [0.05, 0.1) is 0 Å². The number of hydrogen-bond donors (Lipinski definition) is 0. The van der Waals surface area contributed by atoms with E-state index in [-0.39, 0.29) is 0 Å². The maximum absolute atomic E-state index is 10.8. The number of rotatable bonds is 3. The van der Waals surface area contributed by atoms with Gasteiger partial charge in [-0.2, -0.15) is 0 Å². The number of ether oxygens (including phenoxy) is 1. The van der Waals surface area contributed by atoms with Gasteiger partial charge in [-0.15, -0.1) is 0 Å². The van der Waals surface area contributed by atoms with Crippen LogP contribution in [0.15, 0.2) is 24.3 Å². The summed E-state index contributed by atoms with van der Waals surface area (Å²) in [5.41, 5.74) is 0.615. The number of benzene rings is 1. The summed E-state index contributed by atoms with van der Waals surface area (Å²) in [7, 11) is 2.58. The van der Waals surface area contributed by atoms with Crippen LogP contribution >= 0.6 is 0 Å². The van der Waals surface area contributed by atoms with Crippen LogP contribution in [0.3, 0.4) is 0 Å². The molecule has 0 amide bonds. The van der Waals surface area contributed by atoms with Gasteiger partial charge < -0.3 is 0 Å². The Morgan fingerprint density at radius 2 is 1.75 bits per heavy atom. The second-order valence-electron chi connectivity index (χ2n) is 2.61. The molecule has 0 aromatic heterocycles. The van der Waals surface area contributed by atoms with E-state index in [4.69, 9.17) is 4.74 Å². The van der Waals surface area contributed by atoms with Crippen LogP contribution in [0, 0.1) is 12.0 Å². The molecule has 0 aliphatic rings. The Labute approximate surface area is 95.6 Å². The summed E-state index contributed by atoms with van der Waals surface area (Å²) < 4.78 is 34.9. The van der Waals surface area contributed by atoms with Crippen LogP contribution in [-0.2, 0) is 15.3 Å². The van der Waals surface area contributed by atoms with Crippen LogP contribution in [0.5, 0.6) is 5.75 Å². The molecule has 0 heterocycles. The van der Waals surface area contributed by atoms with Gasteiger partial charge in [0.15, 0.2) is 0 Å². The summed E-state index contributed by atoms with van der Waals surface area (Å²) in [6, 6.07) is 6.78. The third-order valence-corrected chi connectivity index (χ3v) is 3.09. The molecule has 0 saturated heterocycles. The van der Waals surface area contributed by atoms with E-state index >= 15 is 0 Å². The molecular formula is C10H10O5Se. The van der Waals surface area contributed by atoms with E-state index in [1.54, 1.807) is 31.4 Å². The SMILES string of the molecule is COc1ccc(C#CO[Se](=O)(=O)OC)cc1. The van der Waals surface area contributed by atoms with Crippen molar-refractivity contribution in [2.24, 2.45) is 0 Å². The van der Waals surface area contributed by atoms with Crippen molar-refractivity contribution < 1.29 is 20.0 Å². The van der Waals surface area contributed by atoms with E-state index in [0.29, 0.717) is 11.3 Å². The van der Waals surface area contributed by atoms with Gasteiger partial charge in [0.1, 0.15) is 0 Å². The molecule has 6 heteroatoms. The molecule has 0 bridgehead atoms. The van der Waals surface area contributed by atoms with Gasteiger partial charge in [0.2, 0.25) is 0 Å². The molecule has 0 aliphatic carbocycles. The van der Waals surface area contributed by atoms with Crippen molar-refractivity contribution in [2.75, 3.05) is 14.2 Å². The van der Waals surface area contributed by atoms with Crippen molar-refractivity contribution >= 4 is 13.4 Å². The van der Waals surface area contributed by atoms with Gasteiger partial charge in [0.25, 0.3) is 0 Å². The third-order valence-electron chi connectivity index (χ3n) is 1.63. The zero-order chi connectivity index (χ0) is 12.0. The monoisotopic (exact) mass is 290 g/mol. The second kappa shape index (κ2) is 5.52.